The summed E-state index contributed by atoms with van der Waals surface area (Å²) in [5.74, 6) is -0.112. The molecule has 2 aromatic heterocycles. The molecule has 0 unspecified atom stereocenters. The van der Waals surface area contributed by atoms with Crippen LogP contribution in [0.15, 0.2) is 40.9 Å². The number of nitrogens with zero attached hydrogens (tertiary/aromatic N) is 4. The molecular formula is C24H27FN4O3. The summed E-state index contributed by atoms with van der Waals surface area (Å²) in [7, 11) is 0. The zero-order valence-corrected chi connectivity index (χ0v) is 18.6. The Labute approximate surface area is 186 Å². The molecule has 0 saturated carbocycles. The van der Waals surface area contributed by atoms with Crippen molar-refractivity contribution in [3.8, 4) is 0 Å². The first kappa shape index (κ1) is 22.0. The topological polar surface area (TPSA) is 71.6 Å². The molecule has 1 aromatic carbocycles. The molecule has 1 amide bonds. The van der Waals surface area contributed by atoms with E-state index < -0.39 is 0 Å². The van der Waals surface area contributed by atoms with Crippen LogP contribution < -0.4 is 0 Å². The number of rotatable bonds is 6. The Kier molecular flexibility index (Phi) is 6.23. The maximum absolute atomic E-state index is 13.2. The number of piperazine rings is 1. The fourth-order valence-electron chi connectivity index (χ4n) is 4.12. The van der Waals surface area contributed by atoms with Gasteiger partial charge in [-0.05, 0) is 44.5 Å². The Bertz CT molecular complexity index is 1120. The van der Waals surface area contributed by atoms with E-state index >= 15 is 0 Å². The van der Waals surface area contributed by atoms with Crippen molar-refractivity contribution in [1.29, 1.82) is 0 Å². The van der Waals surface area contributed by atoms with Gasteiger partial charge in [-0.2, -0.15) is 0 Å². The quantitative estimate of drug-likeness (QED) is 0.553. The lowest BCUT2D eigenvalue weighted by molar-refractivity contribution is 0.0587. The van der Waals surface area contributed by atoms with E-state index in [0.29, 0.717) is 50.5 Å². The summed E-state index contributed by atoms with van der Waals surface area (Å²) in [4.78, 5) is 29.3. The van der Waals surface area contributed by atoms with Crippen LogP contribution in [-0.2, 0) is 6.54 Å². The highest BCUT2D eigenvalue weighted by molar-refractivity contribution is 5.99. The second-order valence-electron chi connectivity index (χ2n) is 8.32. The average molecular weight is 439 g/mol. The number of Topliss-reactive ketones (excluding diaryl/α,β-unsaturated/α-hetero) is 1. The van der Waals surface area contributed by atoms with Crippen molar-refractivity contribution in [1.82, 2.24) is 19.5 Å². The lowest BCUT2D eigenvalue weighted by atomic mass is 10.1. The van der Waals surface area contributed by atoms with Gasteiger partial charge in [-0.15, -0.1) is 0 Å². The summed E-state index contributed by atoms with van der Waals surface area (Å²) in [6.07, 6.45) is 0. The number of hydrogen-bond acceptors (Lipinski definition) is 5. The third-order valence-electron chi connectivity index (χ3n) is 5.99. The molecule has 168 valence electrons. The number of halogens is 1. The molecule has 0 N–H and O–H groups in total. The first-order valence-electron chi connectivity index (χ1n) is 10.7. The van der Waals surface area contributed by atoms with E-state index in [2.05, 4.69) is 14.6 Å². The third-order valence-corrected chi connectivity index (χ3v) is 5.99. The summed E-state index contributed by atoms with van der Waals surface area (Å²) < 4.78 is 20.3. The monoisotopic (exact) mass is 438 g/mol. The molecule has 4 rings (SSSR count). The van der Waals surface area contributed by atoms with Gasteiger partial charge in [0.15, 0.2) is 5.78 Å². The molecule has 3 aromatic rings. The number of hydrogen-bond donors (Lipinski definition) is 0. The van der Waals surface area contributed by atoms with Crippen molar-refractivity contribution < 1.29 is 18.5 Å². The molecule has 1 aliphatic rings. The van der Waals surface area contributed by atoms with Crippen molar-refractivity contribution >= 4 is 11.7 Å². The maximum atomic E-state index is 13.2. The van der Waals surface area contributed by atoms with E-state index in [1.165, 1.54) is 12.1 Å². The number of ketones is 1. The minimum absolute atomic E-state index is 0.0640. The highest BCUT2D eigenvalue weighted by Gasteiger charge is 2.26. The van der Waals surface area contributed by atoms with Crippen LogP contribution >= 0.6 is 0 Å². The van der Waals surface area contributed by atoms with Crippen molar-refractivity contribution in [3.05, 3.63) is 76.2 Å². The Morgan fingerprint density at radius 2 is 1.72 bits per heavy atom. The Balaban J connectivity index is 1.36. The minimum Gasteiger partial charge on any atom is -0.351 e. The summed E-state index contributed by atoms with van der Waals surface area (Å²) in [5.41, 5.74) is 4.27. The van der Waals surface area contributed by atoms with Crippen LogP contribution in [0, 0.1) is 26.6 Å². The van der Waals surface area contributed by atoms with Gasteiger partial charge in [-0.1, -0.05) is 17.3 Å². The fourth-order valence-corrected chi connectivity index (χ4v) is 4.12. The van der Waals surface area contributed by atoms with Crippen LogP contribution in [-0.4, -0.2) is 63.9 Å². The lowest BCUT2D eigenvalue weighted by Gasteiger charge is -2.33. The van der Waals surface area contributed by atoms with E-state index in [0.717, 1.165) is 17.0 Å². The molecule has 0 atom stereocenters. The van der Waals surface area contributed by atoms with Crippen LogP contribution in [0.3, 0.4) is 0 Å². The van der Waals surface area contributed by atoms with Gasteiger partial charge < -0.3 is 14.0 Å². The predicted octanol–water partition coefficient (Wildman–Crippen LogP) is 3.23. The number of carbonyl (C=O) groups excluding carboxylic acids is 2. The normalized spacial score (nSPS) is 14.7. The van der Waals surface area contributed by atoms with Crippen LogP contribution in [0.25, 0.3) is 0 Å². The number of benzene rings is 1. The Morgan fingerprint density at radius 3 is 2.34 bits per heavy atom. The first-order chi connectivity index (χ1) is 15.3. The van der Waals surface area contributed by atoms with Crippen LogP contribution in [0.1, 0.15) is 43.6 Å². The highest BCUT2D eigenvalue weighted by Crippen LogP contribution is 2.19. The van der Waals surface area contributed by atoms with Crippen molar-refractivity contribution in [3.63, 3.8) is 0 Å². The van der Waals surface area contributed by atoms with Gasteiger partial charge >= 0.3 is 0 Å². The average Bonchev–Trinajstić information content (AvgIpc) is 3.33. The number of aromatic nitrogens is 2. The zero-order valence-electron chi connectivity index (χ0n) is 18.6. The highest BCUT2D eigenvalue weighted by atomic mass is 19.1. The number of carbonyl (C=O) groups is 2. The van der Waals surface area contributed by atoms with Crippen LogP contribution in [0.5, 0.6) is 0 Å². The zero-order chi connectivity index (χ0) is 22.8. The Morgan fingerprint density at radius 1 is 1.03 bits per heavy atom. The van der Waals surface area contributed by atoms with Gasteiger partial charge in [-0.3, -0.25) is 14.5 Å². The van der Waals surface area contributed by atoms with Crippen molar-refractivity contribution in [2.45, 2.75) is 27.3 Å². The van der Waals surface area contributed by atoms with Crippen molar-refractivity contribution in [2.24, 2.45) is 0 Å². The maximum Gasteiger partial charge on any atom is 0.292 e. The summed E-state index contributed by atoms with van der Waals surface area (Å²) in [5, 5.41) is 3.77. The molecule has 1 saturated heterocycles. The Hall–Kier alpha value is -3.26. The largest absolute Gasteiger partial charge is 0.351 e. The van der Waals surface area contributed by atoms with E-state index in [-0.39, 0.29) is 23.3 Å². The van der Waals surface area contributed by atoms with Crippen LogP contribution in [0.2, 0.25) is 0 Å². The molecule has 32 heavy (non-hydrogen) atoms. The van der Waals surface area contributed by atoms with Gasteiger partial charge in [0.1, 0.15) is 5.82 Å². The van der Waals surface area contributed by atoms with E-state index in [4.69, 9.17) is 4.52 Å². The van der Waals surface area contributed by atoms with E-state index in [1.807, 2.05) is 19.9 Å². The van der Waals surface area contributed by atoms with E-state index in [1.54, 1.807) is 30.0 Å². The molecule has 0 radical (unpaired) electrons. The molecule has 1 aliphatic heterocycles. The molecular weight excluding hydrogens is 411 g/mol. The van der Waals surface area contributed by atoms with Crippen LogP contribution in [0.4, 0.5) is 4.39 Å². The summed E-state index contributed by atoms with van der Waals surface area (Å²) in [6.45, 7) is 8.92. The first-order valence-corrected chi connectivity index (χ1v) is 10.7. The van der Waals surface area contributed by atoms with Gasteiger partial charge in [0.25, 0.3) is 5.91 Å². The van der Waals surface area contributed by atoms with Gasteiger partial charge in [0.2, 0.25) is 5.76 Å². The molecule has 0 bridgehead atoms. The van der Waals surface area contributed by atoms with E-state index in [9.17, 15) is 14.0 Å². The predicted molar refractivity (Wildman–Crippen MR) is 117 cm³/mol. The lowest BCUT2D eigenvalue weighted by Crippen LogP contribution is -2.49. The summed E-state index contributed by atoms with van der Waals surface area (Å²) >= 11 is 0. The number of aryl methyl sites for hydroxylation is 2. The SMILES string of the molecule is Cc1cc(C(=O)N2CCN(CC(=O)c3cc(C)n(Cc4ccc(F)cc4)c3C)CC2)on1. The molecule has 8 heteroatoms. The van der Waals surface area contributed by atoms with Gasteiger partial charge in [-0.25, -0.2) is 4.39 Å². The standard InChI is InChI=1S/C24H27FN4O3/c1-16-12-23(32-26-16)24(31)28-10-8-27(9-11-28)15-22(30)21-13-17(2)29(18(21)3)14-19-4-6-20(25)7-5-19/h4-7,12-13H,8-11,14-15H2,1-3H3. The molecule has 3 heterocycles. The minimum atomic E-state index is -0.261. The third kappa shape index (κ3) is 4.65. The molecule has 0 aliphatic carbocycles. The second kappa shape index (κ2) is 9.08. The van der Waals surface area contributed by atoms with Gasteiger partial charge in [0, 0.05) is 55.7 Å². The fraction of sp³-hybridized carbons (Fsp3) is 0.375. The van der Waals surface area contributed by atoms with Gasteiger partial charge in [0.05, 0.1) is 12.2 Å². The summed E-state index contributed by atoms with van der Waals surface area (Å²) in [6, 6.07) is 9.98. The molecule has 0 spiro atoms. The molecule has 7 nitrogen and oxygen atoms in total. The van der Waals surface area contributed by atoms with Crippen molar-refractivity contribution in [2.75, 3.05) is 32.7 Å². The second-order valence-corrected chi connectivity index (χ2v) is 8.32. The molecule has 1 fully saturated rings. The number of amides is 1. The smallest absolute Gasteiger partial charge is 0.292 e.